The third-order valence-electron chi connectivity index (χ3n) is 6.17. The number of hydrogen-bond donors (Lipinski definition) is 2. The first-order valence-electron chi connectivity index (χ1n) is 7.47. The highest BCUT2D eigenvalue weighted by Crippen LogP contribution is 2.55. The Kier molecular flexibility index (Phi) is 4.80. The second-order valence-electron chi connectivity index (χ2n) is 7.84. The summed E-state index contributed by atoms with van der Waals surface area (Å²) in [4.78, 5) is 12.4. The second-order valence-corrected chi connectivity index (χ2v) is 14.8. The van der Waals surface area contributed by atoms with E-state index >= 15 is 0 Å². The highest BCUT2D eigenvalue weighted by molar-refractivity contribution is 8.00. The van der Waals surface area contributed by atoms with Crippen molar-refractivity contribution in [3.8, 4) is 0 Å². The molecule has 0 aromatic heterocycles. The maximum atomic E-state index is 12.4. The standard InChI is InChI=1S/C15H31NO2SSi/c1-11(2)13(3,4)20(7,8)15(12(17)18)14(5,6)19-10-9-16-15/h11,16H,9-10H2,1-8H3,(H,17,18)/t15-/m0/s1. The molecule has 0 aliphatic carbocycles. The van der Waals surface area contributed by atoms with Gasteiger partial charge in [0, 0.05) is 17.0 Å². The highest BCUT2D eigenvalue weighted by atomic mass is 32.2. The fraction of sp³-hybridized carbons (Fsp3) is 0.933. The predicted octanol–water partition coefficient (Wildman–Crippen LogP) is 3.61. The van der Waals surface area contributed by atoms with Gasteiger partial charge in [-0.05, 0) is 24.8 Å². The Hall–Kier alpha value is -0.00312. The summed E-state index contributed by atoms with van der Waals surface area (Å²) in [6.45, 7) is 18.4. The molecule has 0 unspecified atom stereocenters. The first-order valence-corrected chi connectivity index (χ1v) is 11.5. The van der Waals surface area contributed by atoms with Gasteiger partial charge in [-0.25, -0.2) is 0 Å². The number of carboxylic acid groups (broad SMARTS) is 1. The zero-order valence-electron chi connectivity index (χ0n) is 14.3. The van der Waals surface area contributed by atoms with Crippen LogP contribution in [0.2, 0.25) is 18.1 Å². The van der Waals surface area contributed by atoms with Crippen LogP contribution in [0.25, 0.3) is 0 Å². The van der Waals surface area contributed by atoms with E-state index in [0.717, 1.165) is 12.3 Å². The number of thioether (sulfide) groups is 1. The lowest BCUT2D eigenvalue weighted by atomic mass is 9.98. The number of carboxylic acids is 1. The normalized spacial score (nSPS) is 27.6. The second kappa shape index (κ2) is 5.32. The van der Waals surface area contributed by atoms with E-state index in [1.807, 2.05) is 0 Å². The average Bonchev–Trinajstić information content (AvgIpc) is 2.26. The van der Waals surface area contributed by atoms with Crippen molar-refractivity contribution in [2.45, 2.75) is 69.6 Å². The number of carbonyl (C=O) groups is 1. The summed E-state index contributed by atoms with van der Waals surface area (Å²) < 4.78 is -0.293. The molecule has 1 fully saturated rings. The van der Waals surface area contributed by atoms with Gasteiger partial charge in [-0.1, -0.05) is 40.8 Å². The molecule has 0 bridgehead atoms. The van der Waals surface area contributed by atoms with E-state index in [-0.39, 0.29) is 9.79 Å². The molecule has 0 aromatic carbocycles. The molecule has 0 spiro atoms. The summed E-state index contributed by atoms with van der Waals surface area (Å²) in [6.07, 6.45) is 0. The van der Waals surface area contributed by atoms with Gasteiger partial charge in [-0.15, -0.1) is 0 Å². The molecule has 1 atom stereocenters. The van der Waals surface area contributed by atoms with Crippen LogP contribution in [0.3, 0.4) is 0 Å². The molecule has 0 amide bonds. The zero-order valence-corrected chi connectivity index (χ0v) is 16.1. The topological polar surface area (TPSA) is 49.3 Å². The van der Waals surface area contributed by atoms with Crippen LogP contribution >= 0.6 is 11.8 Å². The Bertz CT molecular complexity index is 393. The molecule has 3 nitrogen and oxygen atoms in total. The summed E-state index contributed by atoms with van der Waals surface area (Å²) >= 11 is 1.80. The van der Waals surface area contributed by atoms with E-state index in [0.29, 0.717) is 5.92 Å². The van der Waals surface area contributed by atoms with Crippen LogP contribution in [0.4, 0.5) is 0 Å². The van der Waals surface area contributed by atoms with Gasteiger partial charge in [0.15, 0.2) is 0 Å². The molecule has 1 heterocycles. The lowest BCUT2D eigenvalue weighted by Crippen LogP contribution is -2.81. The van der Waals surface area contributed by atoms with E-state index < -0.39 is 19.2 Å². The minimum absolute atomic E-state index is 0.0353. The molecule has 20 heavy (non-hydrogen) atoms. The Balaban J connectivity index is 3.51. The van der Waals surface area contributed by atoms with Crippen LogP contribution in [0.15, 0.2) is 0 Å². The van der Waals surface area contributed by atoms with Gasteiger partial charge in [-0.2, -0.15) is 11.8 Å². The van der Waals surface area contributed by atoms with Crippen molar-refractivity contribution in [1.82, 2.24) is 5.32 Å². The summed E-state index contributed by atoms with van der Waals surface area (Å²) in [5, 5.41) is 12.9. The molecule has 2 N–H and O–H groups in total. The first kappa shape index (κ1) is 18.0. The Morgan fingerprint density at radius 2 is 1.85 bits per heavy atom. The van der Waals surface area contributed by atoms with Gasteiger partial charge in [0.05, 0.1) is 8.07 Å². The van der Waals surface area contributed by atoms with Crippen molar-refractivity contribution < 1.29 is 9.90 Å². The maximum Gasteiger partial charge on any atom is 0.322 e. The summed E-state index contributed by atoms with van der Waals surface area (Å²) in [7, 11) is -2.17. The van der Waals surface area contributed by atoms with E-state index in [1.54, 1.807) is 11.8 Å². The number of hydrogen-bond acceptors (Lipinski definition) is 3. The average molecular weight is 318 g/mol. The summed E-state index contributed by atoms with van der Waals surface area (Å²) in [5.41, 5.74) is 0. The van der Waals surface area contributed by atoms with Crippen molar-refractivity contribution in [3.05, 3.63) is 0 Å². The SMILES string of the molecule is CC(C)C(C)(C)[Si](C)(C)[C@]1(C(=O)O)NCCSC1(C)C. The lowest BCUT2D eigenvalue weighted by Gasteiger charge is -2.60. The minimum atomic E-state index is -2.17. The molecule has 0 saturated carbocycles. The smallest absolute Gasteiger partial charge is 0.322 e. The first-order chi connectivity index (χ1) is 8.84. The van der Waals surface area contributed by atoms with Crippen LogP contribution in [-0.2, 0) is 4.79 Å². The van der Waals surface area contributed by atoms with Crippen molar-refractivity contribution in [2.24, 2.45) is 5.92 Å². The monoisotopic (exact) mass is 317 g/mol. The molecule has 5 heteroatoms. The Morgan fingerprint density at radius 1 is 1.35 bits per heavy atom. The van der Waals surface area contributed by atoms with Crippen molar-refractivity contribution in [2.75, 3.05) is 12.3 Å². The van der Waals surface area contributed by atoms with Crippen LogP contribution in [-0.4, -0.2) is 41.4 Å². The van der Waals surface area contributed by atoms with Gasteiger partial charge in [-0.3, -0.25) is 4.79 Å². The fourth-order valence-electron chi connectivity index (χ4n) is 3.64. The van der Waals surface area contributed by atoms with Crippen molar-refractivity contribution in [1.29, 1.82) is 0 Å². The molecule has 118 valence electrons. The number of nitrogens with one attached hydrogen (secondary N) is 1. The van der Waals surface area contributed by atoms with Crippen LogP contribution < -0.4 is 5.32 Å². The molecule has 1 aliphatic rings. The highest BCUT2D eigenvalue weighted by Gasteiger charge is 2.67. The fourth-order valence-corrected chi connectivity index (χ4v) is 10.7. The molecule has 0 aromatic rings. The van der Waals surface area contributed by atoms with E-state index in [1.165, 1.54) is 0 Å². The number of rotatable bonds is 4. The largest absolute Gasteiger partial charge is 0.480 e. The van der Waals surface area contributed by atoms with E-state index in [2.05, 4.69) is 60.0 Å². The Labute approximate surface area is 129 Å². The molecule has 1 aliphatic heterocycles. The minimum Gasteiger partial charge on any atom is -0.480 e. The van der Waals surface area contributed by atoms with Gasteiger partial charge in [0.1, 0.15) is 5.16 Å². The van der Waals surface area contributed by atoms with Gasteiger partial charge in [0.25, 0.3) is 0 Å². The van der Waals surface area contributed by atoms with Gasteiger partial charge < -0.3 is 10.4 Å². The quantitative estimate of drug-likeness (QED) is 0.778. The number of aliphatic carboxylic acids is 1. The van der Waals surface area contributed by atoms with Gasteiger partial charge in [0.2, 0.25) is 0 Å². The molecular formula is C15H31NO2SSi. The van der Waals surface area contributed by atoms with Crippen molar-refractivity contribution in [3.63, 3.8) is 0 Å². The van der Waals surface area contributed by atoms with E-state index in [4.69, 9.17) is 0 Å². The van der Waals surface area contributed by atoms with E-state index in [9.17, 15) is 9.90 Å². The third kappa shape index (κ3) is 2.26. The van der Waals surface area contributed by atoms with Gasteiger partial charge >= 0.3 is 5.97 Å². The molecule has 1 saturated heterocycles. The molecule has 1 rings (SSSR count). The summed E-state index contributed by atoms with van der Waals surface area (Å²) in [6, 6.07) is 0. The summed E-state index contributed by atoms with van der Waals surface area (Å²) in [5.74, 6) is 0.777. The van der Waals surface area contributed by atoms with Crippen LogP contribution in [0.1, 0.15) is 41.5 Å². The lowest BCUT2D eigenvalue weighted by molar-refractivity contribution is -0.142. The maximum absolute atomic E-state index is 12.4. The Morgan fingerprint density at radius 3 is 2.20 bits per heavy atom. The third-order valence-corrected chi connectivity index (χ3v) is 14.5. The van der Waals surface area contributed by atoms with Crippen LogP contribution in [0, 0.1) is 5.92 Å². The predicted molar refractivity (Wildman–Crippen MR) is 91.3 cm³/mol. The van der Waals surface area contributed by atoms with Crippen molar-refractivity contribution >= 4 is 25.8 Å². The molecule has 0 radical (unpaired) electrons. The van der Waals surface area contributed by atoms with Crippen LogP contribution in [0.5, 0.6) is 0 Å². The molecular weight excluding hydrogens is 286 g/mol. The zero-order chi connectivity index (χ0) is 16.0.